The summed E-state index contributed by atoms with van der Waals surface area (Å²) in [5.41, 5.74) is 0.589. The van der Waals surface area contributed by atoms with Gasteiger partial charge in [0.1, 0.15) is 5.54 Å². The van der Waals surface area contributed by atoms with Crippen molar-refractivity contribution in [2.24, 2.45) is 5.92 Å². The first-order valence-electron chi connectivity index (χ1n) is 10.4. The number of aromatic nitrogens is 1. The molecule has 4 rings (SSSR count). The lowest BCUT2D eigenvalue weighted by Crippen LogP contribution is -2.54. The average Bonchev–Trinajstić information content (AvgIpc) is 3.03. The van der Waals surface area contributed by atoms with Crippen molar-refractivity contribution in [2.45, 2.75) is 36.7 Å². The maximum Gasteiger partial charge on any atom is 0.325 e. The van der Waals surface area contributed by atoms with E-state index >= 15 is 0 Å². The Morgan fingerprint density at radius 3 is 2.39 bits per heavy atom. The third-order valence-electron chi connectivity index (χ3n) is 6.33. The molecule has 162 valence electrons. The molecule has 2 aliphatic heterocycles. The molecule has 1 aromatic heterocycles. The molecule has 0 aliphatic carbocycles. The molecule has 0 unspecified atom stereocenters. The SMILES string of the molecule is CSc1ccc(C(=O)N2CCC([C@@]3(C)NC(=O)N(Cc4ccncc4)C3=O)CC2)cc1. The van der Waals surface area contributed by atoms with Gasteiger partial charge >= 0.3 is 6.03 Å². The Bertz CT molecular complexity index is 974. The van der Waals surface area contributed by atoms with E-state index in [0.29, 0.717) is 31.5 Å². The molecule has 3 heterocycles. The summed E-state index contributed by atoms with van der Waals surface area (Å²) in [5.74, 6) is -0.210. The highest BCUT2D eigenvalue weighted by Crippen LogP contribution is 2.34. The summed E-state index contributed by atoms with van der Waals surface area (Å²) < 4.78 is 0. The van der Waals surface area contributed by atoms with Crippen LogP contribution < -0.4 is 5.32 Å². The van der Waals surface area contributed by atoms with Crippen LogP contribution in [-0.2, 0) is 11.3 Å². The zero-order valence-corrected chi connectivity index (χ0v) is 18.5. The van der Waals surface area contributed by atoms with Crippen molar-refractivity contribution in [3.05, 3.63) is 59.9 Å². The van der Waals surface area contributed by atoms with Crippen LogP contribution in [-0.4, -0.2) is 57.5 Å². The highest BCUT2D eigenvalue weighted by Gasteiger charge is 2.52. The van der Waals surface area contributed by atoms with Gasteiger partial charge in [0.2, 0.25) is 0 Å². The number of piperidine rings is 1. The van der Waals surface area contributed by atoms with Crippen molar-refractivity contribution in [1.29, 1.82) is 0 Å². The summed E-state index contributed by atoms with van der Waals surface area (Å²) >= 11 is 1.64. The fraction of sp³-hybridized carbons (Fsp3) is 0.391. The third kappa shape index (κ3) is 4.17. The molecule has 4 amide bonds. The van der Waals surface area contributed by atoms with E-state index in [2.05, 4.69) is 10.3 Å². The van der Waals surface area contributed by atoms with Crippen LogP contribution in [0.2, 0.25) is 0 Å². The van der Waals surface area contributed by atoms with Gasteiger partial charge in [0, 0.05) is 35.9 Å². The first-order chi connectivity index (χ1) is 14.9. The molecule has 2 aliphatic rings. The van der Waals surface area contributed by atoms with Gasteiger partial charge in [-0.2, -0.15) is 0 Å². The Morgan fingerprint density at radius 2 is 1.77 bits per heavy atom. The Kier molecular flexibility index (Phi) is 6.00. The van der Waals surface area contributed by atoms with Crippen molar-refractivity contribution >= 4 is 29.6 Å². The molecule has 8 heteroatoms. The fourth-order valence-electron chi connectivity index (χ4n) is 4.38. The molecule has 2 fully saturated rings. The van der Waals surface area contributed by atoms with Crippen molar-refractivity contribution in [2.75, 3.05) is 19.3 Å². The summed E-state index contributed by atoms with van der Waals surface area (Å²) in [6.07, 6.45) is 6.63. The summed E-state index contributed by atoms with van der Waals surface area (Å²) in [6, 6.07) is 10.9. The molecule has 0 spiro atoms. The van der Waals surface area contributed by atoms with E-state index in [0.717, 1.165) is 10.5 Å². The predicted molar refractivity (Wildman–Crippen MR) is 119 cm³/mol. The van der Waals surface area contributed by atoms with E-state index in [1.807, 2.05) is 42.3 Å². The minimum absolute atomic E-state index is 0.0114. The normalized spacial score (nSPS) is 22.0. The molecule has 2 saturated heterocycles. The zero-order chi connectivity index (χ0) is 22.0. The van der Waals surface area contributed by atoms with E-state index < -0.39 is 5.54 Å². The Hall–Kier alpha value is -2.87. The number of hydrogen-bond acceptors (Lipinski definition) is 5. The van der Waals surface area contributed by atoms with Crippen LogP contribution in [0.5, 0.6) is 0 Å². The molecule has 0 saturated carbocycles. The van der Waals surface area contributed by atoms with E-state index in [1.54, 1.807) is 36.3 Å². The second kappa shape index (κ2) is 8.70. The second-order valence-corrected chi connectivity index (χ2v) is 9.05. The van der Waals surface area contributed by atoms with Crippen LogP contribution in [0.25, 0.3) is 0 Å². The second-order valence-electron chi connectivity index (χ2n) is 8.17. The molecule has 1 atom stereocenters. The van der Waals surface area contributed by atoms with Crippen LogP contribution in [0.1, 0.15) is 35.7 Å². The smallest absolute Gasteiger partial charge is 0.325 e. The number of carbonyl (C=O) groups excluding carboxylic acids is 3. The number of benzene rings is 1. The van der Waals surface area contributed by atoms with E-state index in [-0.39, 0.29) is 30.3 Å². The minimum Gasteiger partial charge on any atom is -0.339 e. The highest BCUT2D eigenvalue weighted by molar-refractivity contribution is 7.98. The molecule has 7 nitrogen and oxygen atoms in total. The van der Waals surface area contributed by atoms with Gasteiger partial charge in [-0.1, -0.05) is 0 Å². The van der Waals surface area contributed by atoms with Crippen LogP contribution in [0, 0.1) is 5.92 Å². The van der Waals surface area contributed by atoms with Gasteiger partial charge in [0.05, 0.1) is 6.54 Å². The van der Waals surface area contributed by atoms with E-state index in [4.69, 9.17) is 0 Å². The van der Waals surface area contributed by atoms with Gasteiger partial charge in [-0.15, -0.1) is 11.8 Å². The van der Waals surface area contributed by atoms with E-state index in [9.17, 15) is 14.4 Å². The largest absolute Gasteiger partial charge is 0.339 e. The standard InChI is InChI=1S/C23H26N4O3S/c1-23(21(29)27(22(30)25-23)15-16-7-11-24-12-8-16)18-9-13-26(14-10-18)20(28)17-3-5-19(31-2)6-4-17/h3-8,11-12,18H,9-10,13-15H2,1-2H3,(H,25,30)/t23-/m1/s1. The maximum atomic E-state index is 13.2. The number of imide groups is 1. The lowest BCUT2D eigenvalue weighted by atomic mass is 9.78. The van der Waals surface area contributed by atoms with Gasteiger partial charge in [-0.3, -0.25) is 19.5 Å². The summed E-state index contributed by atoms with van der Waals surface area (Å²) in [5, 5.41) is 2.92. The highest BCUT2D eigenvalue weighted by atomic mass is 32.2. The number of nitrogens with zero attached hydrogens (tertiary/aromatic N) is 3. The van der Waals surface area contributed by atoms with Crippen LogP contribution in [0.4, 0.5) is 4.79 Å². The Morgan fingerprint density at radius 1 is 1.13 bits per heavy atom. The van der Waals surface area contributed by atoms with Gasteiger partial charge in [-0.05, 0) is 73.9 Å². The average molecular weight is 439 g/mol. The third-order valence-corrected chi connectivity index (χ3v) is 7.07. The van der Waals surface area contributed by atoms with Crippen molar-refractivity contribution in [3.8, 4) is 0 Å². The van der Waals surface area contributed by atoms with Crippen molar-refractivity contribution in [1.82, 2.24) is 20.1 Å². The number of likely N-dealkylation sites (tertiary alicyclic amines) is 1. The molecule has 1 aromatic carbocycles. The number of hydrogen-bond donors (Lipinski definition) is 1. The number of carbonyl (C=O) groups is 3. The quantitative estimate of drug-likeness (QED) is 0.573. The molecular weight excluding hydrogens is 412 g/mol. The monoisotopic (exact) mass is 438 g/mol. The molecule has 31 heavy (non-hydrogen) atoms. The van der Waals surface area contributed by atoms with Crippen molar-refractivity contribution < 1.29 is 14.4 Å². The fourth-order valence-corrected chi connectivity index (χ4v) is 4.79. The summed E-state index contributed by atoms with van der Waals surface area (Å²) in [6.45, 7) is 3.17. The molecular formula is C23H26N4O3S. The van der Waals surface area contributed by atoms with Gasteiger partial charge in [0.25, 0.3) is 11.8 Å². The van der Waals surface area contributed by atoms with Crippen molar-refractivity contribution in [3.63, 3.8) is 0 Å². The van der Waals surface area contributed by atoms with E-state index in [1.165, 1.54) is 4.90 Å². The minimum atomic E-state index is -0.945. The zero-order valence-electron chi connectivity index (χ0n) is 17.7. The number of urea groups is 1. The number of rotatable bonds is 5. The van der Waals surface area contributed by atoms with Gasteiger partial charge in [0.15, 0.2) is 0 Å². The summed E-state index contributed by atoms with van der Waals surface area (Å²) in [7, 11) is 0. The Labute approximate surface area is 186 Å². The first-order valence-corrected chi connectivity index (χ1v) is 11.6. The predicted octanol–water partition coefficient (Wildman–Crippen LogP) is 3.17. The topological polar surface area (TPSA) is 82.6 Å². The Balaban J connectivity index is 1.40. The lowest BCUT2D eigenvalue weighted by Gasteiger charge is -2.39. The number of nitrogens with one attached hydrogen (secondary N) is 1. The molecule has 0 bridgehead atoms. The van der Waals surface area contributed by atoms with Gasteiger partial charge in [-0.25, -0.2) is 4.79 Å². The first kappa shape index (κ1) is 21.4. The maximum absolute atomic E-state index is 13.2. The van der Waals surface area contributed by atoms with Crippen LogP contribution in [0.3, 0.4) is 0 Å². The van der Waals surface area contributed by atoms with Crippen LogP contribution in [0.15, 0.2) is 53.7 Å². The van der Waals surface area contributed by atoms with Gasteiger partial charge < -0.3 is 10.2 Å². The van der Waals surface area contributed by atoms with Crippen LogP contribution >= 0.6 is 11.8 Å². The summed E-state index contributed by atoms with van der Waals surface area (Å²) in [4.78, 5) is 46.8. The number of pyridine rings is 1. The number of amides is 4. The molecule has 1 N–H and O–H groups in total. The lowest BCUT2D eigenvalue weighted by molar-refractivity contribution is -0.133. The molecule has 0 radical (unpaired) electrons. The number of thioether (sulfide) groups is 1. The molecule has 2 aromatic rings.